The van der Waals surface area contributed by atoms with Gasteiger partial charge in [0.25, 0.3) is 11.6 Å². The number of carbonyl (C=O) groups is 1. The van der Waals surface area contributed by atoms with E-state index in [1.807, 2.05) is 0 Å². The minimum Gasteiger partial charge on any atom is -0.337 e. The van der Waals surface area contributed by atoms with Gasteiger partial charge in [0.05, 0.1) is 27.8 Å². The maximum Gasteiger partial charge on any atom is 0.417 e. The van der Waals surface area contributed by atoms with Crippen molar-refractivity contribution in [1.29, 1.82) is 0 Å². The summed E-state index contributed by atoms with van der Waals surface area (Å²) in [6, 6.07) is 1.08. The molecule has 1 amide bonds. The highest BCUT2D eigenvalue weighted by atomic mass is 32.1. The van der Waals surface area contributed by atoms with E-state index in [1.165, 1.54) is 11.3 Å². The predicted octanol–water partition coefficient (Wildman–Crippen LogP) is 5.15. The minimum atomic E-state index is -4.56. The number of rotatable bonds is 3. The van der Waals surface area contributed by atoms with Gasteiger partial charge in [-0.25, -0.2) is 9.97 Å². The number of thiazole rings is 1. The first-order valence-electron chi connectivity index (χ1n) is 9.73. The van der Waals surface area contributed by atoms with Crippen molar-refractivity contribution in [2.24, 2.45) is 0 Å². The Hall–Kier alpha value is -2.49. The van der Waals surface area contributed by atoms with Crippen LogP contribution in [0.1, 0.15) is 70.8 Å². The number of carbonyl (C=O) groups excluding carboxylic acids is 1. The number of halogens is 3. The van der Waals surface area contributed by atoms with Crippen LogP contribution in [0.5, 0.6) is 0 Å². The summed E-state index contributed by atoms with van der Waals surface area (Å²) in [6.07, 6.45) is -3.27. The molecule has 1 fully saturated rings. The van der Waals surface area contributed by atoms with Gasteiger partial charge >= 0.3 is 6.18 Å². The molecule has 1 aliphatic rings. The lowest BCUT2D eigenvalue weighted by molar-refractivity contribution is -0.136. The van der Waals surface area contributed by atoms with Crippen molar-refractivity contribution < 1.29 is 22.5 Å². The molecule has 0 saturated carbocycles. The highest BCUT2D eigenvalue weighted by Crippen LogP contribution is 2.41. The second kappa shape index (κ2) is 7.64. The third-order valence-corrected chi connectivity index (χ3v) is 6.34. The molecule has 6 nitrogen and oxygen atoms in total. The first-order valence-corrected chi connectivity index (χ1v) is 10.6. The molecule has 3 aromatic rings. The molecule has 0 aliphatic carbocycles. The Kier molecular flexibility index (Phi) is 5.29. The van der Waals surface area contributed by atoms with Crippen molar-refractivity contribution in [3.63, 3.8) is 0 Å². The molecule has 1 aliphatic heterocycles. The number of likely N-dealkylation sites (tertiary alicyclic amines) is 1. The Morgan fingerprint density at radius 3 is 2.77 bits per heavy atom. The van der Waals surface area contributed by atoms with Gasteiger partial charge in [0, 0.05) is 24.7 Å². The van der Waals surface area contributed by atoms with Crippen molar-refractivity contribution in [3.8, 4) is 0 Å². The van der Waals surface area contributed by atoms with Crippen LogP contribution < -0.4 is 0 Å². The molecule has 0 N–H and O–H groups in total. The average molecular weight is 438 g/mol. The van der Waals surface area contributed by atoms with Crippen LogP contribution in [0.25, 0.3) is 11.1 Å². The van der Waals surface area contributed by atoms with E-state index in [-0.39, 0.29) is 41.1 Å². The van der Waals surface area contributed by atoms with E-state index >= 15 is 0 Å². The van der Waals surface area contributed by atoms with Gasteiger partial charge in [-0.3, -0.25) is 4.79 Å². The Balaban J connectivity index is 1.72. The quantitative estimate of drug-likeness (QED) is 0.566. The Morgan fingerprint density at radius 1 is 1.37 bits per heavy atom. The molecule has 0 spiro atoms. The van der Waals surface area contributed by atoms with Gasteiger partial charge in [0.2, 0.25) is 0 Å². The zero-order valence-corrected chi connectivity index (χ0v) is 17.6. The van der Waals surface area contributed by atoms with Crippen LogP contribution in [0.4, 0.5) is 13.2 Å². The van der Waals surface area contributed by atoms with Crippen LogP contribution in [0.3, 0.4) is 0 Å². The lowest BCUT2D eigenvalue weighted by Gasteiger charge is -2.32. The molecule has 10 heteroatoms. The number of piperidine rings is 1. The Morgan fingerprint density at radius 2 is 2.13 bits per heavy atom. The van der Waals surface area contributed by atoms with E-state index < -0.39 is 11.7 Å². The lowest BCUT2D eigenvalue weighted by Crippen LogP contribution is -2.39. The van der Waals surface area contributed by atoms with E-state index in [9.17, 15) is 18.0 Å². The largest absolute Gasteiger partial charge is 0.417 e. The van der Waals surface area contributed by atoms with E-state index in [0.29, 0.717) is 35.7 Å². The van der Waals surface area contributed by atoms with Crippen LogP contribution in [-0.4, -0.2) is 39.0 Å². The predicted molar refractivity (Wildman–Crippen MR) is 106 cm³/mol. The summed E-state index contributed by atoms with van der Waals surface area (Å²) in [5, 5.41) is 3.89. The van der Waals surface area contributed by atoms with Gasteiger partial charge in [0.15, 0.2) is 0 Å². The van der Waals surface area contributed by atoms with Gasteiger partial charge < -0.3 is 9.42 Å². The number of alkyl halides is 3. The number of nitrogens with zero attached hydrogens (tertiary/aromatic N) is 4. The number of hydrogen-bond donors (Lipinski definition) is 0. The number of hydrogen-bond acceptors (Lipinski definition) is 6. The zero-order chi connectivity index (χ0) is 21.6. The van der Waals surface area contributed by atoms with Gasteiger partial charge in [0.1, 0.15) is 4.88 Å². The molecule has 1 saturated heterocycles. The second-order valence-electron chi connectivity index (χ2n) is 7.85. The van der Waals surface area contributed by atoms with Crippen LogP contribution >= 0.6 is 11.3 Å². The van der Waals surface area contributed by atoms with Crippen molar-refractivity contribution in [2.75, 3.05) is 13.1 Å². The molecular formula is C20H21F3N4O2S. The fraction of sp³-hybridized carbons (Fsp3) is 0.500. The second-order valence-corrected chi connectivity index (χ2v) is 8.71. The molecule has 160 valence electrons. The van der Waals surface area contributed by atoms with Crippen LogP contribution in [0, 0.1) is 6.92 Å². The minimum absolute atomic E-state index is 0.0971. The molecule has 4 heterocycles. The summed E-state index contributed by atoms with van der Waals surface area (Å²) in [4.78, 5) is 23.5. The van der Waals surface area contributed by atoms with Crippen LogP contribution in [0.2, 0.25) is 0 Å². The summed E-state index contributed by atoms with van der Waals surface area (Å²) in [5.41, 5.74) is 1.91. The number of pyridine rings is 1. The topological polar surface area (TPSA) is 72.1 Å². The summed E-state index contributed by atoms with van der Waals surface area (Å²) in [6.45, 7) is 6.14. The van der Waals surface area contributed by atoms with Crippen molar-refractivity contribution in [2.45, 2.75) is 51.6 Å². The van der Waals surface area contributed by atoms with Gasteiger partial charge in [-0.05, 0) is 31.7 Å². The smallest absolute Gasteiger partial charge is 0.337 e. The molecule has 1 atom stereocenters. The van der Waals surface area contributed by atoms with Gasteiger partial charge in [-0.2, -0.15) is 13.2 Å². The SMILES string of the molecule is Cc1ncsc1C(=O)N1CCC[C@H](c2noc3nc(C(C)C)cc(C(F)(F)F)c23)C1. The maximum atomic E-state index is 13.9. The fourth-order valence-corrected chi connectivity index (χ4v) is 4.60. The first kappa shape index (κ1) is 20.8. The van der Waals surface area contributed by atoms with E-state index in [2.05, 4.69) is 15.1 Å². The number of amides is 1. The summed E-state index contributed by atoms with van der Waals surface area (Å²) >= 11 is 1.27. The molecule has 4 rings (SSSR count). The van der Waals surface area contributed by atoms with Crippen molar-refractivity contribution in [3.05, 3.63) is 39.1 Å². The molecule has 0 unspecified atom stereocenters. The van der Waals surface area contributed by atoms with Crippen LogP contribution in [-0.2, 0) is 6.18 Å². The van der Waals surface area contributed by atoms with Crippen molar-refractivity contribution in [1.82, 2.24) is 20.0 Å². The van der Waals surface area contributed by atoms with Crippen LogP contribution in [0.15, 0.2) is 16.1 Å². The molecule has 0 aromatic carbocycles. The summed E-state index contributed by atoms with van der Waals surface area (Å²) in [7, 11) is 0. The van der Waals surface area contributed by atoms with E-state index in [1.54, 1.807) is 31.2 Å². The third kappa shape index (κ3) is 3.68. The Labute approximate surface area is 175 Å². The summed E-state index contributed by atoms with van der Waals surface area (Å²) in [5.74, 6) is -0.691. The average Bonchev–Trinajstić information content (AvgIpc) is 3.32. The fourth-order valence-electron chi connectivity index (χ4n) is 3.83. The standard InChI is InChI=1S/C20H21F3N4O2S/c1-10(2)14-7-13(20(21,22)23)15-16(26-29-18(15)25-14)12-5-4-6-27(8-12)19(28)17-11(3)24-9-30-17/h7,9-10,12H,4-6,8H2,1-3H3/t12-/m0/s1. The molecule has 0 radical (unpaired) electrons. The first-order chi connectivity index (χ1) is 14.2. The lowest BCUT2D eigenvalue weighted by atomic mass is 9.91. The highest BCUT2D eigenvalue weighted by Gasteiger charge is 2.38. The zero-order valence-electron chi connectivity index (χ0n) is 16.8. The summed E-state index contributed by atoms with van der Waals surface area (Å²) < 4.78 is 46.8. The number of fused-ring (bicyclic) bond motifs is 1. The highest BCUT2D eigenvalue weighted by molar-refractivity contribution is 7.11. The number of aromatic nitrogens is 3. The van der Waals surface area contributed by atoms with Gasteiger partial charge in [-0.15, -0.1) is 11.3 Å². The van der Waals surface area contributed by atoms with Crippen molar-refractivity contribution >= 4 is 28.3 Å². The molecule has 3 aromatic heterocycles. The van der Waals surface area contributed by atoms with E-state index in [4.69, 9.17) is 4.52 Å². The van der Waals surface area contributed by atoms with E-state index in [0.717, 1.165) is 6.07 Å². The maximum absolute atomic E-state index is 13.9. The number of aryl methyl sites for hydroxylation is 1. The molecular weight excluding hydrogens is 417 g/mol. The Bertz CT molecular complexity index is 1090. The normalized spacial score (nSPS) is 17.8. The third-order valence-electron chi connectivity index (χ3n) is 5.42. The monoisotopic (exact) mass is 438 g/mol. The molecule has 0 bridgehead atoms. The van der Waals surface area contributed by atoms with Gasteiger partial charge in [-0.1, -0.05) is 19.0 Å². The molecule has 30 heavy (non-hydrogen) atoms.